The Balaban J connectivity index is 1.76. The number of carbonyl (C=O) groups is 1. The number of hydrogen-bond donors (Lipinski definition) is 1. The molecule has 1 N–H and O–H groups in total. The molecule has 1 aromatic carbocycles. The van der Waals surface area contributed by atoms with Crippen molar-refractivity contribution < 1.29 is 18.4 Å². The van der Waals surface area contributed by atoms with Gasteiger partial charge in [-0.1, -0.05) is 5.16 Å². The summed E-state index contributed by atoms with van der Waals surface area (Å²) in [6.45, 7) is 8.18. The molecule has 0 fully saturated rings. The topological polar surface area (TPSA) is 106 Å². The Hall–Kier alpha value is -3.77. The summed E-state index contributed by atoms with van der Waals surface area (Å²) in [4.78, 5) is 17.0. The molecule has 0 aliphatic heterocycles. The van der Waals surface area contributed by atoms with E-state index >= 15 is 0 Å². The number of aromatic nitrogens is 3. The normalized spacial score (nSPS) is 13.4. The molecule has 2 atom stereocenters. The molecule has 8 nitrogen and oxygen atoms in total. The summed E-state index contributed by atoms with van der Waals surface area (Å²) < 4.78 is 25.7. The van der Waals surface area contributed by atoms with E-state index in [1.807, 2.05) is 32.9 Å². The summed E-state index contributed by atoms with van der Waals surface area (Å²) in [6, 6.07) is 9.05. The third-order valence-electron chi connectivity index (χ3n) is 5.30. The highest BCUT2D eigenvalue weighted by molar-refractivity contribution is 6.02. The molecule has 2 unspecified atom stereocenters. The first-order valence-electron chi connectivity index (χ1n) is 10.4. The lowest BCUT2D eigenvalue weighted by Crippen LogP contribution is -2.27. The van der Waals surface area contributed by atoms with Crippen LogP contribution in [0.2, 0.25) is 0 Å². The maximum Gasteiger partial charge on any atom is 0.262 e. The van der Waals surface area contributed by atoms with Gasteiger partial charge >= 0.3 is 0 Å². The first-order chi connectivity index (χ1) is 15.7. The number of aryl methyl sites for hydroxylation is 1. The van der Waals surface area contributed by atoms with Crippen molar-refractivity contribution in [2.75, 3.05) is 13.7 Å². The lowest BCUT2D eigenvalue weighted by molar-refractivity contribution is -0.117. The standard InChI is InChI=1S/C24H26FN5O3/c1-14-10-19(17(4)30(14)15(2)13-32-5)11-20(12-26)23(31)27-16(3)24-28-22(29-33-24)18-6-8-21(25)9-7-18/h6-11,15-16H,13H2,1-5H3,(H,27,31)/b20-11+. The Morgan fingerprint density at radius 2 is 2.03 bits per heavy atom. The molecule has 0 bridgehead atoms. The van der Waals surface area contributed by atoms with E-state index in [9.17, 15) is 14.4 Å². The van der Waals surface area contributed by atoms with Crippen LogP contribution in [0.25, 0.3) is 17.5 Å². The second-order valence-electron chi connectivity index (χ2n) is 7.83. The number of rotatable bonds is 8. The van der Waals surface area contributed by atoms with Crippen LogP contribution < -0.4 is 5.32 Å². The number of nitriles is 1. The van der Waals surface area contributed by atoms with Crippen molar-refractivity contribution in [1.82, 2.24) is 20.0 Å². The molecule has 0 radical (unpaired) electrons. The number of hydrogen-bond acceptors (Lipinski definition) is 6. The Morgan fingerprint density at radius 3 is 2.67 bits per heavy atom. The van der Waals surface area contributed by atoms with Gasteiger partial charge in [-0.3, -0.25) is 4.79 Å². The summed E-state index contributed by atoms with van der Waals surface area (Å²) in [5, 5.41) is 16.2. The Kier molecular flexibility index (Phi) is 7.41. The van der Waals surface area contributed by atoms with Crippen LogP contribution in [-0.4, -0.2) is 34.3 Å². The lowest BCUT2D eigenvalue weighted by atomic mass is 10.1. The van der Waals surface area contributed by atoms with Crippen molar-refractivity contribution in [1.29, 1.82) is 5.26 Å². The third-order valence-corrected chi connectivity index (χ3v) is 5.30. The van der Waals surface area contributed by atoms with Crippen molar-refractivity contribution in [2.24, 2.45) is 0 Å². The predicted molar refractivity (Wildman–Crippen MR) is 120 cm³/mol. The molecule has 0 spiro atoms. The van der Waals surface area contributed by atoms with E-state index in [1.54, 1.807) is 20.1 Å². The summed E-state index contributed by atoms with van der Waals surface area (Å²) in [7, 11) is 1.65. The first kappa shape index (κ1) is 23.9. The molecule has 3 rings (SSSR count). The molecular formula is C24H26FN5O3. The molecule has 2 aromatic heterocycles. The second-order valence-corrected chi connectivity index (χ2v) is 7.83. The minimum absolute atomic E-state index is 0.0419. The maximum atomic E-state index is 13.1. The number of ether oxygens (including phenoxy) is 1. The van der Waals surface area contributed by atoms with Crippen LogP contribution in [-0.2, 0) is 9.53 Å². The molecule has 0 aliphatic carbocycles. The number of benzene rings is 1. The van der Waals surface area contributed by atoms with Crippen molar-refractivity contribution in [3.05, 3.63) is 64.6 Å². The van der Waals surface area contributed by atoms with Gasteiger partial charge in [0.25, 0.3) is 5.91 Å². The summed E-state index contributed by atoms with van der Waals surface area (Å²) >= 11 is 0. The molecule has 1 amide bonds. The molecule has 33 heavy (non-hydrogen) atoms. The van der Waals surface area contributed by atoms with Gasteiger partial charge in [-0.15, -0.1) is 0 Å². The smallest absolute Gasteiger partial charge is 0.262 e. The van der Waals surface area contributed by atoms with E-state index in [1.165, 1.54) is 24.3 Å². The zero-order valence-corrected chi connectivity index (χ0v) is 19.2. The van der Waals surface area contributed by atoms with Gasteiger partial charge in [0.15, 0.2) is 0 Å². The average molecular weight is 452 g/mol. The zero-order valence-electron chi connectivity index (χ0n) is 19.2. The SMILES string of the molecule is COCC(C)n1c(C)cc(/C=C(\C#N)C(=O)NC(C)c2nc(-c3ccc(F)cc3)no2)c1C. The van der Waals surface area contributed by atoms with E-state index in [0.29, 0.717) is 12.2 Å². The maximum absolute atomic E-state index is 13.1. The van der Waals surface area contributed by atoms with Gasteiger partial charge in [-0.2, -0.15) is 10.2 Å². The van der Waals surface area contributed by atoms with E-state index < -0.39 is 11.9 Å². The minimum atomic E-state index is -0.634. The Bertz CT molecular complexity index is 1200. The summed E-state index contributed by atoms with van der Waals surface area (Å²) in [5.74, 6) is -0.472. The number of methoxy groups -OCH3 is 1. The van der Waals surface area contributed by atoms with Crippen LogP contribution in [0.3, 0.4) is 0 Å². The third kappa shape index (κ3) is 5.35. The van der Waals surface area contributed by atoms with Crippen LogP contribution in [0.15, 0.2) is 40.4 Å². The van der Waals surface area contributed by atoms with E-state index in [-0.39, 0.29) is 29.1 Å². The molecule has 0 saturated heterocycles. The summed E-state index contributed by atoms with van der Waals surface area (Å²) in [5.41, 5.74) is 3.27. The van der Waals surface area contributed by atoms with Crippen LogP contribution in [0, 0.1) is 31.0 Å². The van der Waals surface area contributed by atoms with Gasteiger partial charge in [-0.05, 0) is 69.7 Å². The lowest BCUT2D eigenvalue weighted by Gasteiger charge is -2.17. The number of halogens is 1. The molecule has 0 aliphatic rings. The van der Waals surface area contributed by atoms with Crippen LogP contribution in [0.4, 0.5) is 4.39 Å². The van der Waals surface area contributed by atoms with Gasteiger partial charge in [0, 0.05) is 24.1 Å². The minimum Gasteiger partial charge on any atom is -0.383 e. The van der Waals surface area contributed by atoms with Crippen molar-refractivity contribution >= 4 is 12.0 Å². The van der Waals surface area contributed by atoms with Crippen molar-refractivity contribution in [2.45, 2.75) is 39.8 Å². The number of amides is 1. The highest BCUT2D eigenvalue weighted by atomic mass is 19.1. The fourth-order valence-corrected chi connectivity index (χ4v) is 3.71. The zero-order chi connectivity index (χ0) is 24.1. The number of nitrogens with one attached hydrogen (secondary N) is 1. The van der Waals surface area contributed by atoms with Gasteiger partial charge in [0.05, 0.1) is 12.6 Å². The first-order valence-corrected chi connectivity index (χ1v) is 10.4. The fraction of sp³-hybridized carbons (Fsp3) is 0.333. The average Bonchev–Trinajstić information content (AvgIpc) is 3.37. The van der Waals surface area contributed by atoms with E-state index in [2.05, 4.69) is 20.0 Å². The highest BCUT2D eigenvalue weighted by Crippen LogP contribution is 2.23. The molecule has 2 heterocycles. The van der Waals surface area contributed by atoms with Crippen molar-refractivity contribution in [3.63, 3.8) is 0 Å². The predicted octanol–water partition coefficient (Wildman–Crippen LogP) is 4.29. The van der Waals surface area contributed by atoms with Gasteiger partial charge in [-0.25, -0.2) is 4.39 Å². The monoisotopic (exact) mass is 451 g/mol. The van der Waals surface area contributed by atoms with Crippen LogP contribution in [0.5, 0.6) is 0 Å². The molecule has 3 aromatic rings. The fourth-order valence-electron chi connectivity index (χ4n) is 3.71. The molecular weight excluding hydrogens is 425 g/mol. The van der Waals surface area contributed by atoms with Gasteiger partial charge in [0.2, 0.25) is 11.7 Å². The Morgan fingerprint density at radius 1 is 1.33 bits per heavy atom. The van der Waals surface area contributed by atoms with E-state index in [4.69, 9.17) is 9.26 Å². The molecule has 172 valence electrons. The highest BCUT2D eigenvalue weighted by Gasteiger charge is 2.21. The number of nitrogens with zero attached hydrogens (tertiary/aromatic N) is 4. The second kappa shape index (κ2) is 10.2. The molecule has 9 heteroatoms. The van der Waals surface area contributed by atoms with Crippen LogP contribution in [0.1, 0.15) is 48.8 Å². The van der Waals surface area contributed by atoms with Gasteiger partial charge in [0.1, 0.15) is 23.5 Å². The largest absolute Gasteiger partial charge is 0.383 e. The van der Waals surface area contributed by atoms with Crippen LogP contribution >= 0.6 is 0 Å². The van der Waals surface area contributed by atoms with Crippen molar-refractivity contribution in [3.8, 4) is 17.5 Å². The van der Waals surface area contributed by atoms with Gasteiger partial charge < -0.3 is 19.1 Å². The summed E-state index contributed by atoms with van der Waals surface area (Å²) in [6.07, 6.45) is 1.57. The van der Waals surface area contributed by atoms with E-state index in [0.717, 1.165) is 17.0 Å². The molecule has 0 saturated carbocycles. The quantitative estimate of drug-likeness (QED) is 0.405. The number of carbonyl (C=O) groups excluding carboxylic acids is 1. The Labute approximate surface area is 191 Å².